The minimum Gasteiger partial charge on any atom is -0.400 e. The van der Waals surface area contributed by atoms with E-state index in [4.69, 9.17) is 20.9 Å². The first-order valence-electron chi connectivity index (χ1n) is 6.13. The first-order chi connectivity index (χ1) is 8.71. The van der Waals surface area contributed by atoms with Crippen molar-refractivity contribution >= 4 is 24.8 Å². The van der Waals surface area contributed by atoms with Crippen LogP contribution in [0.4, 0.5) is 0 Å². The molecule has 4 nitrogen and oxygen atoms in total. The van der Waals surface area contributed by atoms with E-state index < -0.39 is 7.12 Å². The molecule has 19 heavy (non-hydrogen) atoms. The molecule has 102 valence electrons. The Hall–Kier alpha value is -1.04. The molecule has 1 aromatic rings. The standard InChI is InChI=1S/C13H17BClNO3/c1-12(2)13(3,4)19-14(18-12)6-5-9-7-11(17)16-8-10(9)15/h5-8H,1-4H3,(H,16,17)/b6-5+. The summed E-state index contributed by atoms with van der Waals surface area (Å²) in [5, 5.41) is 0.479. The topological polar surface area (TPSA) is 51.3 Å². The summed E-state index contributed by atoms with van der Waals surface area (Å²) < 4.78 is 11.6. The normalized spacial score (nSPS) is 21.2. The van der Waals surface area contributed by atoms with Crippen LogP contribution in [0.1, 0.15) is 33.3 Å². The Morgan fingerprint density at radius 2 is 1.84 bits per heavy atom. The van der Waals surface area contributed by atoms with Gasteiger partial charge in [0, 0.05) is 12.3 Å². The molecule has 0 atom stereocenters. The van der Waals surface area contributed by atoms with E-state index in [-0.39, 0.29) is 16.8 Å². The smallest absolute Gasteiger partial charge is 0.400 e. The summed E-state index contributed by atoms with van der Waals surface area (Å²) in [5.74, 6) is 1.76. The van der Waals surface area contributed by atoms with E-state index in [2.05, 4.69) is 4.98 Å². The number of hydrogen-bond acceptors (Lipinski definition) is 3. The van der Waals surface area contributed by atoms with Crippen molar-refractivity contribution in [2.24, 2.45) is 0 Å². The zero-order chi connectivity index (χ0) is 14.3. The Morgan fingerprint density at radius 3 is 2.42 bits per heavy atom. The molecule has 2 rings (SSSR count). The van der Waals surface area contributed by atoms with Gasteiger partial charge in [0.15, 0.2) is 0 Å². The van der Waals surface area contributed by atoms with Crippen molar-refractivity contribution in [3.05, 3.63) is 39.2 Å². The summed E-state index contributed by atoms with van der Waals surface area (Å²) in [4.78, 5) is 13.7. The first kappa shape index (κ1) is 14.4. The van der Waals surface area contributed by atoms with Gasteiger partial charge in [-0.1, -0.05) is 23.7 Å². The number of pyridine rings is 1. The number of rotatable bonds is 2. The zero-order valence-electron chi connectivity index (χ0n) is 11.5. The molecule has 1 fully saturated rings. The summed E-state index contributed by atoms with van der Waals surface area (Å²) in [6.45, 7) is 7.95. The number of halogens is 1. The van der Waals surface area contributed by atoms with E-state index in [9.17, 15) is 4.79 Å². The zero-order valence-corrected chi connectivity index (χ0v) is 12.2. The number of H-pyrrole nitrogens is 1. The lowest BCUT2D eigenvalue weighted by molar-refractivity contribution is 0.00578. The summed E-state index contributed by atoms with van der Waals surface area (Å²) in [5.41, 5.74) is -0.307. The molecule has 0 aliphatic carbocycles. The van der Waals surface area contributed by atoms with E-state index in [0.29, 0.717) is 10.6 Å². The van der Waals surface area contributed by atoms with Gasteiger partial charge in [0.25, 0.3) is 0 Å². The fourth-order valence-electron chi connectivity index (χ4n) is 1.75. The van der Waals surface area contributed by atoms with Crippen LogP contribution in [-0.2, 0) is 9.31 Å². The van der Waals surface area contributed by atoms with Crippen molar-refractivity contribution < 1.29 is 9.31 Å². The molecule has 2 heterocycles. The maximum Gasteiger partial charge on any atom is 0.487 e. The van der Waals surface area contributed by atoms with E-state index in [1.165, 1.54) is 12.3 Å². The molecule has 0 bridgehead atoms. The second-order valence-corrected chi connectivity index (χ2v) is 5.99. The SMILES string of the molecule is CC1(C)OB(/C=C/c2cc(=O)[nH]cc2Cl)OC1(C)C. The molecular weight excluding hydrogens is 264 g/mol. The number of aromatic nitrogens is 1. The average Bonchev–Trinajstić information content (AvgIpc) is 2.49. The molecular formula is C13H17BClNO3. The van der Waals surface area contributed by atoms with Gasteiger partial charge >= 0.3 is 7.12 Å². The quantitative estimate of drug-likeness (QED) is 0.848. The van der Waals surface area contributed by atoms with Gasteiger partial charge in [0.05, 0.1) is 16.2 Å². The van der Waals surface area contributed by atoms with Crippen LogP contribution in [-0.4, -0.2) is 23.3 Å². The molecule has 0 radical (unpaired) electrons. The molecule has 0 unspecified atom stereocenters. The van der Waals surface area contributed by atoms with Crippen LogP contribution in [0.5, 0.6) is 0 Å². The predicted octanol–water partition coefficient (Wildman–Crippen LogP) is 2.67. The Bertz CT molecular complexity index is 549. The Kier molecular flexibility index (Phi) is 3.64. The predicted molar refractivity (Wildman–Crippen MR) is 77.2 cm³/mol. The first-order valence-corrected chi connectivity index (χ1v) is 6.51. The lowest BCUT2D eigenvalue weighted by atomic mass is 9.89. The highest BCUT2D eigenvalue weighted by Gasteiger charge is 2.49. The van der Waals surface area contributed by atoms with E-state index in [1.807, 2.05) is 27.7 Å². The van der Waals surface area contributed by atoms with Crippen molar-refractivity contribution in [2.75, 3.05) is 0 Å². The largest absolute Gasteiger partial charge is 0.487 e. The molecule has 1 aliphatic rings. The lowest BCUT2D eigenvalue weighted by Gasteiger charge is -2.32. The fourth-order valence-corrected chi connectivity index (χ4v) is 1.92. The van der Waals surface area contributed by atoms with Crippen molar-refractivity contribution in [2.45, 2.75) is 38.9 Å². The summed E-state index contributed by atoms with van der Waals surface area (Å²) in [6, 6.07) is 1.43. The van der Waals surface area contributed by atoms with Crippen molar-refractivity contribution in [3.63, 3.8) is 0 Å². The Morgan fingerprint density at radius 1 is 1.26 bits per heavy atom. The highest BCUT2D eigenvalue weighted by Crippen LogP contribution is 2.37. The second kappa shape index (κ2) is 4.82. The molecule has 1 aliphatic heterocycles. The van der Waals surface area contributed by atoms with Crippen LogP contribution < -0.4 is 5.56 Å². The van der Waals surface area contributed by atoms with Gasteiger partial charge < -0.3 is 14.3 Å². The van der Waals surface area contributed by atoms with Gasteiger partial charge in [-0.15, -0.1) is 0 Å². The molecule has 1 N–H and O–H groups in total. The van der Waals surface area contributed by atoms with E-state index in [0.717, 1.165) is 0 Å². The van der Waals surface area contributed by atoms with Gasteiger partial charge in [-0.05, 0) is 33.3 Å². The van der Waals surface area contributed by atoms with Crippen molar-refractivity contribution in [1.29, 1.82) is 0 Å². The van der Waals surface area contributed by atoms with Gasteiger partial charge in [0.1, 0.15) is 0 Å². The minimum atomic E-state index is -0.444. The molecule has 6 heteroatoms. The summed E-state index contributed by atoms with van der Waals surface area (Å²) in [7, 11) is -0.444. The third-order valence-electron chi connectivity index (χ3n) is 3.61. The monoisotopic (exact) mass is 281 g/mol. The molecule has 0 aromatic carbocycles. The van der Waals surface area contributed by atoms with Crippen LogP contribution in [0.15, 0.2) is 23.0 Å². The van der Waals surface area contributed by atoms with Crippen LogP contribution in [0.3, 0.4) is 0 Å². The highest BCUT2D eigenvalue weighted by molar-refractivity contribution is 6.52. The van der Waals surface area contributed by atoms with Crippen molar-refractivity contribution in [3.8, 4) is 0 Å². The summed E-state index contributed by atoms with van der Waals surface area (Å²) in [6.07, 6.45) is 3.20. The maximum absolute atomic E-state index is 11.2. The van der Waals surface area contributed by atoms with Crippen LogP contribution in [0.25, 0.3) is 6.08 Å². The maximum atomic E-state index is 11.2. The third-order valence-corrected chi connectivity index (χ3v) is 3.94. The number of nitrogens with one attached hydrogen (secondary N) is 1. The Balaban J connectivity index is 2.17. The molecule has 1 aromatic heterocycles. The van der Waals surface area contributed by atoms with Gasteiger partial charge in [-0.3, -0.25) is 4.79 Å². The highest BCUT2D eigenvalue weighted by atomic mass is 35.5. The van der Waals surface area contributed by atoms with E-state index in [1.54, 1.807) is 12.1 Å². The third kappa shape index (κ3) is 2.94. The summed E-state index contributed by atoms with van der Waals surface area (Å²) >= 11 is 5.99. The van der Waals surface area contributed by atoms with Gasteiger partial charge in [0.2, 0.25) is 5.56 Å². The molecule has 0 saturated carbocycles. The van der Waals surface area contributed by atoms with Crippen LogP contribution >= 0.6 is 11.6 Å². The number of hydrogen-bond donors (Lipinski definition) is 1. The Labute approximate surface area is 117 Å². The van der Waals surface area contributed by atoms with Crippen molar-refractivity contribution in [1.82, 2.24) is 4.98 Å². The molecule has 0 amide bonds. The van der Waals surface area contributed by atoms with Gasteiger partial charge in [-0.25, -0.2) is 0 Å². The van der Waals surface area contributed by atoms with Gasteiger partial charge in [-0.2, -0.15) is 0 Å². The molecule has 0 spiro atoms. The number of aromatic amines is 1. The van der Waals surface area contributed by atoms with Crippen LogP contribution in [0.2, 0.25) is 5.02 Å². The molecule has 1 saturated heterocycles. The second-order valence-electron chi connectivity index (χ2n) is 5.58. The fraction of sp³-hybridized carbons (Fsp3) is 0.462. The van der Waals surface area contributed by atoms with Crippen LogP contribution in [0, 0.1) is 0 Å². The lowest BCUT2D eigenvalue weighted by Crippen LogP contribution is -2.41. The minimum absolute atomic E-state index is 0.196. The average molecular weight is 282 g/mol. The van der Waals surface area contributed by atoms with E-state index >= 15 is 0 Å².